The summed E-state index contributed by atoms with van der Waals surface area (Å²) in [6.07, 6.45) is 0. The summed E-state index contributed by atoms with van der Waals surface area (Å²) in [4.78, 5) is 16.5. The summed E-state index contributed by atoms with van der Waals surface area (Å²) in [6, 6.07) is 13.9. The van der Waals surface area contributed by atoms with Gasteiger partial charge in [-0.05, 0) is 56.2 Å². The number of aromatic nitrogens is 1. The van der Waals surface area contributed by atoms with Crippen molar-refractivity contribution in [3.63, 3.8) is 0 Å². The molecule has 5 heteroatoms. The largest absolute Gasteiger partial charge is 0.381 e. The van der Waals surface area contributed by atoms with Gasteiger partial charge < -0.3 is 5.32 Å². The molecule has 0 saturated carbocycles. The molecule has 128 valence electrons. The van der Waals surface area contributed by atoms with Crippen LogP contribution in [0.25, 0.3) is 0 Å². The quantitative estimate of drug-likeness (QED) is 0.685. The predicted molar refractivity (Wildman–Crippen MR) is 104 cm³/mol. The van der Waals surface area contributed by atoms with E-state index >= 15 is 0 Å². The molecule has 4 nitrogen and oxygen atoms in total. The van der Waals surface area contributed by atoms with Crippen LogP contribution in [0.1, 0.15) is 32.7 Å². The van der Waals surface area contributed by atoms with E-state index in [9.17, 15) is 4.79 Å². The van der Waals surface area contributed by atoms with Crippen molar-refractivity contribution < 1.29 is 4.79 Å². The molecular formula is C20H21N3OS. The molecule has 0 aliphatic rings. The standard InChI is InChI=1S/C20H21N3OS/c1-13-4-5-17(14(2)10-13)11-21-18-8-6-16(7-9-18)19(24)23-20-22-15(3)12-25-20/h4-10,12,21H,11H2,1-3H3,(H,22,23,24). The van der Waals surface area contributed by atoms with E-state index in [2.05, 4.69) is 47.7 Å². The fraction of sp³-hybridized carbons (Fsp3) is 0.200. The Morgan fingerprint density at radius 3 is 2.48 bits per heavy atom. The van der Waals surface area contributed by atoms with Gasteiger partial charge in [-0.25, -0.2) is 4.98 Å². The lowest BCUT2D eigenvalue weighted by molar-refractivity contribution is 0.102. The average Bonchev–Trinajstić information content (AvgIpc) is 2.99. The van der Waals surface area contributed by atoms with Gasteiger partial charge >= 0.3 is 0 Å². The van der Waals surface area contributed by atoms with E-state index in [0.29, 0.717) is 10.7 Å². The summed E-state index contributed by atoms with van der Waals surface area (Å²) in [5, 5.41) is 8.75. The molecule has 0 atom stereocenters. The lowest BCUT2D eigenvalue weighted by atomic mass is 10.1. The Kier molecular flexibility index (Phi) is 5.14. The van der Waals surface area contributed by atoms with Gasteiger partial charge in [-0.1, -0.05) is 23.8 Å². The van der Waals surface area contributed by atoms with Crippen LogP contribution in [0.4, 0.5) is 10.8 Å². The van der Waals surface area contributed by atoms with Crippen molar-refractivity contribution in [1.82, 2.24) is 4.98 Å². The Bertz CT molecular complexity index is 884. The smallest absolute Gasteiger partial charge is 0.257 e. The van der Waals surface area contributed by atoms with Crippen LogP contribution in [0.3, 0.4) is 0 Å². The zero-order valence-electron chi connectivity index (χ0n) is 14.6. The van der Waals surface area contributed by atoms with Crippen molar-refractivity contribution in [2.45, 2.75) is 27.3 Å². The van der Waals surface area contributed by atoms with Gasteiger partial charge in [0, 0.05) is 23.2 Å². The summed E-state index contributed by atoms with van der Waals surface area (Å²) in [5.41, 5.74) is 6.33. The summed E-state index contributed by atoms with van der Waals surface area (Å²) in [5.74, 6) is -0.143. The highest BCUT2D eigenvalue weighted by Gasteiger charge is 2.08. The van der Waals surface area contributed by atoms with Crippen molar-refractivity contribution in [3.05, 3.63) is 75.8 Å². The number of carbonyl (C=O) groups excluding carboxylic acids is 1. The van der Waals surface area contributed by atoms with E-state index < -0.39 is 0 Å². The number of amides is 1. The van der Waals surface area contributed by atoms with E-state index in [0.717, 1.165) is 17.9 Å². The second-order valence-electron chi connectivity index (χ2n) is 6.11. The molecule has 0 radical (unpaired) electrons. The maximum atomic E-state index is 12.2. The molecule has 1 aromatic heterocycles. The minimum absolute atomic E-state index is 0.143. The second kappa shape index (κ2) is 7.49. The number of nitrogens with zero attached hydrogens (tertiary/aromatic N) is 1. The minimum atomic E-state index is -0.143. The number of hydrogen-bond acceptors (Lipinski definition) is 4. The predicted octanol–water partition coefficient (Wildman–Crippen LogP) is 4.93. The van der Waals surface area contributed by atoms with Crippen LogP contribution in [0, 0.1) is 20.8 Å². The van der Waals surface area contributed by atoms with Gasteiger partial charge in [0.2, 0.25) is 0 Å². The van der Waals surface area contributed by atoms with E-state index in [4.69, 9.17) is 0 Å². The molecule has 0 aliphatic carbocycles. The monoisotopic (exact) mass is 351 g/mol. The molecule has 0 saturated heterocycles. The normalized spacial score (nSPS) is 10.5. The highest BCUT2D eigenvalue weighted by molar-refractivity contribution is 7.13. The zero-order chi connectivity index (χ0) is 17.8. The highest BCUT2D eigenvalue weighted by atomic mass is 32.1. The van der Waals surface area contributed by atoms with Crippen LogP contribution >= 0.6 is 11.3 Å². The molecule has 2 aromatic carbocycles. The van der Waals surface area contributed by atoms with E-state index in [1.165, 1.54) is 28.0 Å². The van der Waals surface area contributed by atoms with Crippen molar-refractivity contribution in [2.24, 2.45) is 0 Å². The van der Waals surface area contributed by atoms with E-state index in [-0.39, 0.29) is 5.91 Å². The lowest BCUT2D eigenvalue weighted by Gasteiger charge is -2.10. The van der Waals surface area contributed by atoms with Gasteiger partial charge in [-0.15, -0.1) is 11.3 Å². The fourth-order valence-corrected chi connectivity index (χ4v) is 3.24. The molecule has 1 heterocycles. The van der Waals surface area contributed by atoms with Crippen molar-refractivity contribution in [2.75, 3.05) is 10.6 Å². The Morgan fingerprint density at radius 1 is 1.08 bits per heavy atom. The number of thiazole rings is 1. The molecule has 3 rings (SSSR count). The molecule has 0 spiro atoms. The number of aryl methyl sites for hydroxylation is 3. The third kappa shape index (κ3) is 4.45. The molecule has 0 aliphatic heterocycles. The van der Waals surface area contributed by atoms with Crippen LogP contribution < -0.4 is 10.6 Å². The molecule has 1 amide bonds. The van der Waals surface area contributed by atoms with Gasteiger partial charge in [-0.2, -0.15) is 0 Å². The summed E-state index contributed by atoms with van der Waals surface area (Å²) < 4.78 is 0. The zero-order valence-corrected chi connectivity index (χ0v) is 15.4. The maximum absolute atomic E-state index is 12.2. The third-order valence-electron chi connectivity index (χ3n) is 3.97. The lowest BCUT2D eigenvalue weighted by Crippen LogP contribution is -2.11. The number of carbonyl (C=O) groups is 1. The van der Waals surface area contributed by atoms with Crippen molar-refractivity contribution in [1.29, 1.82) is 0 Å². The van der Waals surface area contributed by atoms with Gasteiger partial charge in [0.1, 0.15) is 0 Å². The number of hydrogen-bond donors (Lipinski definition) is 2. The number of benzene rings is 2. The van der Waals surface area contributed by atoms with Crippen LogP contribution in [0.5, 0.6) is 0 Å². The van der Waals surface area contributed by atoms with Crippen LogP contribution in [0.15, 0.2) is 47.8 Å². The first-order valence-corrected chi connectivity index (χ1v) is 9.03. The number of anilines is 2. The fourth-order valence-electron chi connectivity index (χ4n) is 2.56. The van der Waals surface area contributed by atoms with Crippen molar-refractivity contribution >= 4 is 28.1 Å². The minimum Gasteiger partial charge on any atom is -0.381 e. The summed E-state index contributed by atoms with van der Waals surface area (Å²) in [7, 11) is 0. The van der Waals surface area contributed by atoms with Crippen molar-refractivity contribution in [3.8, 4) is 0 Å². The van der Waals surface area contributed by atoms with Gasteiger partial charge in [0.05, 0.1) is 5.69 Å². The molecular weight excluding hydrogens is 330 g/mol. The molecule has 25 heavy (non-hydrogen) atoms. The first kappa shape index (κ1) is 17.2. The Balaban J connectivity index is 1.60. The Labute approximate surface area is 151 Å². The molecule has 3 aromatic rings. The van der Waals surface area contributed by atoms with Crippen LogP contribution in [0.2, 0.25) is 0 Å². The van der Waals surface area contributed by atoms with E-state index in [1.807, 2.05) is 36.6 Å². The Hall–Kier alpha value is -2.66. The van der Waals surface area contributed by atoms with Crippen LogP contribution in [-0.2, 0) is 6.54 Å². The van der Waals surface area contributed by atoms with Gasteiger partial charge in [0.15, 0.2) is 5.13 Å². The first-order valence-electron chi connectivity index (χ1n) is 8.15. The highest BCUT2D eigenvalue weighted by Crippen LogP contribution is 2.18. The van der Waals surface area contributed by atoms with E-state index in [1.54, 1.807) is 0 Å². The third-order valence-corrected chi connectivity index (χ3v) is 4.84. The summed E-state index contributed by atoms with van der Waals surface area (Å²) >= 11 is 1.43. The molecule has 0 fully saturated rings. The van der Waals surface area contributed by atoms with Gasteiger partial charge in [0.25, 0.3) is 5.91 Å². The van der Waals surface area contributed by atoms with Gasteiger partial charge in [-0.3, -0.25) is 10.1 Å². The molecule has 0 unspecified atom stereocenters. The van der Waals surface area contributed by atoms with Crippen LogP contribution in [-0.4, -0.2) is 10.9 Å². The SMILES string of the molecule is Cc1ccc(CNc2ccc(C(=O)Nc3nc(C)cs3)cc2)c(C)c1. The number of rotatable bonds is 5. The number of nitrogens with one attached hydrogen (secondary N) is 2. The Morgan fingerprint density at radius 2 is 1.84 bits per heavy atom. The first-order chi connectivity index (χ1) is 12.0. The summed E-state index contributed by atoms with van der Waals surface area (Å²) in [6.45, 7) is 6.89. The topological polar surface area (TPSA) is 54.0 Å². The maximum Gasteiger partial charge on any atom is 0.257 e. The molecule has 2 N–H and O–H groups in total. The average molecular weight is 351 g/mol. The molecule has 0 bridgehead atoms. The second-order valence-corrected chi connectivity index (χ2v) is 6.97.